The Morgan fingerprint density at radius 2 is 2.07 bits per heavy atom. The van der Waals surface area contributed by atoms with Crippen LogP contribution in [0.1, 0.15) is 16.1 Å². The summed E-state index contributed by atoms with van der Waals surface area (Å²) >= 11 is 12.1. The summed E-state index contributed by atoms with van der Waals surface area (Å²) in [7, 11) is 1.49. The third-order valence-corrected chi connectivity index (χ3v) is 4.32. The predicted molar refractivity (Wildman–Crippen MR) is 105 cm³/mol. The van der Waals surface area contributed by atoms with E-state index in [1.165, 1.54) is 25.5 Å². The Morgan fingerprint density at radius 1 is 1.26 bits per heavy atom. The topological polar surface area (TPSA) is 87.6 Å². The third-order valence-electron chi connectivity index (χ3n) is 3.77. The van der Waals surface area contributed by atoms with Crippen molar-refractivity contribution in [1.29, 1.82) is 0 Å². The number of H-pyrrole nitrogens is 1. The van der Waals surface area contributed by atoms with Gasteiger partial charge in [0.05, 0.1) is 17.8 Å². The number of nitrogens with zero attached hydrogens (tertiary/aromatic N) is 2. The average molecular weight is 404 g/mol. The largest absolute Gasteiger partial charge is 0.508 e. The average Bonchev–Trinajstić information content (AvgIpc) is 3.12. The number of hydrogen-bond donors (Lipinski definition) is 2. The maximum Gasteiger partial charge on any atom is 0.201 e. The molecule has 0 aliphatic rings. The smallest absolute Gasteiger partial charge is 0.201 e. The van der Waals surface area contributed by atoms with Crippen LogP contribution in [-0.2, 0) is 0 Å². The summed E-state index contributed by atoms with van der Waals surface area (Å²) in [5, 5.41) is 17.3. The maximum atomic E-state index is 12.3. The van der Waals surface area contributed by atoms with Gasteiger partial charge in [-0.15, -0.1) is 0 Å². The van der Waals surface area contributed by atoms with Gasteiger partial charge >= 0.3 is 0 Å². The van der Waals surface area contributed by atoms with Gasteiger partial charge in [-0.2, -0.15) is 5.10 Å². The predicted octanol–water partition coefficient (Wildman–Crippen LogP) is 4.40. The lowest BCUT2D eigenvalue weighted by molar-refractivity contribution is 0.0997. The van der Waals surface area contributed by atoms with E-state index in [-0.39, 0.29) is 18.1 Å². The lowest BCUT2D eigenvalue weighted by Gasteiger charge is -2.04. The van der Waals surface area contributed by atoms with Gasteiger partial charge in [0, 0.05) is 28.4 Å². The highest BCUT2D eigenvalue weighted by Crippen LogP contribution is 2.29. The Kier molecular flexibility index (Phi) is 5.78. The van der Waals surface area contributed by atoms with Gasteiger partial charge in [-0.3, -0.25) is 14.9 Å². The zero-order valence-electron chi connectivity index (χ0n) is 14.2. The molecule has 8 heteroatoms. The number of rotatable bonds is 6. The molecule has 3 rings (SSSR count). The molecule has 2 N–H and O–H groups in total. The van der Waals surface area contributed by atoms with Crippen molar-refractivity contribution in [3.05, 3.63) is 63.8 Å². The first-order valence-corrected chi connectivity index (χ1v) is 8.64. The number of ether oxygens (including phenoxy) is 1. The first-order chi connectivity index (χ1) is 13.0. The van der Waals surface area contributed by atoms with Gasteiger partial charge in [-0.1, -0.05) is 23.2 Å². The van der Waals surface area contributed by atoms with Gasteiger partial charge in [0.25, 0.3) is 0 Å². The molecule has 0 saturated carbocycles. The summed E-state index contributed by atoms with van der Waals surface area (Å²) < 4.78 is 5.17. The van der Waals surface area contributed by atoms with Crippen molar-refractivity contribution < 1.29 is 14.6 Å². The van der Waals surface area contributed by atoms with Crippen LogP contribution in [0.5, 0.6) is 11.5 Å². The number of halogens is 2. The number of benzene rings is 2. The number of aromatic amines is 1. The number of ketones is 1. The molecule has 138 valence electrons. The summed E-state index contributed by atoms with van der Waals surface area (Å²) in [6, 6.07) is 11.3. The van der Waals surface area contributed by atoms with E-state index in [0.29, 0.717) is 38.3 Å². The number of carbonyl (C=O) groups excluding carboxylic acids is 1. The quantitative estimate of drug-likeness (QED) is 0.471. The van der Waals surface area contributed by atoms with Crippen LogP contribution in [0.3, 0.4) is 0 Å². The van der Waals surface area contributed by atoms with E-state index in [9.17, 15) is 9.90 Å². The molecule has 0 unspecified atom stereocenters. The number of phenols is 1. The zero-order valence-corrected chi connectivity index (χ0v) is 15.8. The molecule has 0 spiro atoms. The summed E-state index contributed by atoms with van der Waals surface area (Å²) in [5.74, 6) is 0.325. The van der Waals surface area contributed by atoms with Crippen LogP contribution >= 0.6 is 23.2 Å². The van der Waals surface area contributed by atoms with Crippen molar-refractivity contribution >= 4 is 35.2 Å². The maximum absolute atomic E-state index is 12.3. The van der Waals surface area contributed by atoms with Gasteiger partial charge in [-0.25, -0.2) is 0 Å². The summed E-state index contributed by atoms with van der Waals surface area (Å²) in [4.78, 5) is 16.5. The molecule has 0 saturated heterocycles. The monoisotopic (exact) mass is 403 g/mol. The molecular formula is C19H15Cl2N3O3. The lowest BCUT2D eigenvalue weighted by Crippen LogP contribution is -2.04. The molecule has 0 bridgehead atoms. The molecule has 0 aliphatic carbocycles. The van der Waals surface area contributed by atoms with E-state index in [0.717, 1.165) is 0 Å². The third kappa shape index (κ3) is 4.48. The van der Waals surface area contributed by atoms with Crippen LogP contribution in [0, 0.1) is 0 Å². The van der Waals surface area contributed by atoms with Crippen LogP contribution in [0.25, 0.3) is 11.3 Å². The van der Waals surface area contributed by atoms with E-state index in [2.05, 4.69) is 15.2 Å². The number of carbonyl (C=O) groups is 1. The van der Waals surface area contributed by atoms with Crippen LogP contribution in [-0.4, -0.2) is 41.0 Å². The number of aromatic nitrogens is 2. The second kappa shape index (κ2) is 8.24. The highest BCUT2D eigenvalue weighted by Gasteiger charge is 2.13. The molecular weight excluding hydrogens is 389 g/mol. The fourth-order valence-electron chi connectivity index (χ4n) is 2.42. The highest BCUT2D eigenvalue weighted by molar-refractivity contribution is 6.36. The van der Waals surface area contributed by atoms with Crippen LogP contribution in [0.4, 0.5) is 0 Å². The van der Waals surface area contributed by atoms with E-state index in [1.54, 1.807) is 30.3 Å². The second-order valence-electron chi connectivity index (χ2n) is 5.61. The minimum absolute atomic E-state index is 0.0694. The fourth-order valence-corrected chi connectivity index (χ4v) is 2.92. The van der Waals surface area contributed by atoms with Crippen molar-refractivity contribution in [2.45, 2.75) is 0 Å². The van der Waals surface area contributed by atoms with Gasteiger partial charge in [-0.05, 0) is 36.4 Å². The zero-order chi connectivity index (χ0) is 19.4. The van der Waals surface area contributed by atoms with Gasteiger partial charge in [0.2, 0.25) is 5.78 Å². The van der Waals surface area contributed by atoms with Crippen molar-refractivity contribution in [2.24, 2.45) is 4.99 Å². The molecule has 3 aromatic rings. The van der Waals surface area contributed by atoms with Crippen LogP contribution in [0.15, 0.2) is 47.5 Å². The van der Waals surface area contributed by atoms with E-state index in [1.807, 2.05) is 0 Å². The van der Waals surface area contributed by atoms with Crippen molar-refractivity contribution in [1.82, 2.24) is 10.2 Å². The van der Waals surface area contributed by atoms with Crippen molar-refractivity contribution in [3.63, 3.8) is 0 Å². The van der Waals surface area contributed by atoms with Crippen molar-refractivity contribution in [3.8, 4) is 22.8 Å². The number of nitrogens with one attached hydrogen (secondary N) is 1. The summed E-state index contributed by atoms with van der Waals surface area (Å²) in [5.41, 5.74) is 2.20. The van der Waals surface area contributed by atoms with Gasteiger partial charge < -0.3 is 9.84 Å². The second-order valence-corrected chi connectivity index (χ2v) is 6.45. The first kappa shape index (κ1) is 18.9. The summed E-state index contributed by atoms with van der Waals surface area (Å²) in [6.45, 7) is -0.0694. The van der Waals surface area contributed by atoms with Crippen LogP contribution < -0.4 is 4.74 Å². The van der Waals surface area contributed by atoms with E-state index >= 15 is 0 Å². The lowest BCUT2D eigenvalue weighted by atomic mass is 10.1. The van der Waals surface area contributed by atoms with Crippen molar-refractivity contribution in [2.75, 3.05) is 13.7 Å². The molecule has 0 atom stereocenters. The standard InChI is InChI=1S/C19H15Cl2N3O3/c1-27-19-7-13(25)4-2-11(19)9-22-10-18(26)17-8-16(23-24-17)14-5-3-12(20)6-15(14)21/h2-9,25H,10H2,1H3,(H,23,24). The molecule has 27 heavy (non-hydrogen) atoms. The normalized spacial score (nSPS) is 11.1. The number of aliphatic imine (C=N–C) groups is 1. The highest BCUT2D eigenvalue weighted by atomic mass is 35.5. The molecule has 0 fully saturated rings. The Hall–Kier alpha value is -2.83. The Morgan fingerprint density at radius 3 is 2.81 bits per heavy atom. The summed E-state index contributed by atoms with van der Waals surface area (Å²) in [6.07, 6.45) is 1.52. The number of Topliss-reactive ketones (excluding diaryl/α,β-unsaturated/α-hetero) is 1. The number of methoxy groups -OCH3 is 1. The minimum atomic E-state index is -0.229. The number of aromatic hydroxyl groups is 1. The molecule has 6 nitrogen and oxygen atoms in total. The fraction of sp³-hybridized carbons (Fsp3) is 0.105. The number of phenolic OH excluding ortho intramolecular Hbond substituents is 1. The van der Waals surface area contributed by atoms with E-state index in [4.69, 9.17) is 27.9 Å². The minimum Gasteiger partial charge on any atom is -0.508 e. The molecule has 1 aromatic heterocycles. The first-order valence-electron chi connectivity index (χ1n) is 7.89. The number of hydrogen-bond acceptors (Lipinski definition) is 5. The molecule has 0 amide bonds. The molecule has 0 aliphatic heterocycles. The molecule has 0 radical (unpaired) electrons. The van der Waals surface area contributed by atoms with E-state index < -0.39 is 0 Å². The SMILES string of the molecule is COc1cc(O)ccc1C=NCC(=O)c1cc(-c2ccc(Cl)cc2Cl)n[nH]1. The van der Waals surface area contributed by atoms with Crippen LogP contribution in [0.2, 0.25) is 10.0 Å². The Bertz CT molecular complexity index is 1020. The Balaban J connectivity index is 1.71. The molecule has 1 heterocycles. The molecule has 2 aromatic carbocycles. The van der Waals surface area contributed by atoms with Gasteiger partial charge in [0.1, 0.15) is 23.7 Å². The Labute approximate surface area is 165 Å². The van der Waals surface area contributed by atoms with Gasteiger partial charge in [0.15, 0.2) is 0 Å².